The van der Waals surface area contributed by atoms with E-state index in [9.17, 15) is 0 Å². The summed E-state index contributed by atoms with van der Waals surface area (Å²) in [4.78, 5) is 2.79. The van der Waals surface area contributed by atoms with Gasteiger partial charge in [-0.1, -0.05) is 47.0 Å². The van der Waals surface area contributed by atoms with Crippen molar-refractivity contribution in [3.63, 3.8) is 0 Å². The molecule has 0 aromatic carbocycles. The van der Waals surface area contributed by atoms with Crippen LogP contribution in [0.3, 0.4) is 0 Å². The molecule has 0 amide bonds. The van der Waals surface area contributed by atoms with E-state index in [1.807, 2.05) is 0 Å². The van der Waals surface area contributed by atoms with Crippen molar-refractivity contribution in [1.29, 1.82) is 0 Å². The molecule has 1 heterocycles. The van der Waals surface area contributed by atoms with Gasteiger partial charge in [0.15, 0.2) is 0 Å². The lowest BCUT2D eigenvalue weighted by atomic mass is 9.57. The van der Waals surface area contributed by atoms with Crippen LogP contribution in [0, 0.1) is 10.8 Å². The van der Waals surface area contributed by atoms with Crippen LogP contribution in [0.15, 0.2) is 0 Å². The van der Waals surface area contributed by atoms with Gasteiger partial charge in [-0.05, 0) is 56.0 Å². The van der Waals surface area contributed by atoms with Crippen molar-refractivity contribution in [1.82, 2.24) is 4.90 Å². The van der Waals surface area contributed by atoms with Crippen molar-refractivity contribution >= 4 is 0 Å². The molecule has 0 spiro atoms. The number of hydrogen-bond acceptors (Lipinski definition) is 2. The molecule has 0 atom stereocenters. The maximum Gasteiger partial charge on any atom is 0.0341 e. The molecule has 1 saturated heterocycles. The zero-order valence-corrected chi connectivity index (χ0v) is 14.3. The molecular weight excluding hydrogens is 244 g/mol. The first kappa shape index (κ1) is 16.3. The number of likely N-dealkylation sites (tertiary alicyclic amines) is 1. The predicted octanol–water partition coefficient (Wildman–Crippen LogP) is 4.19. The lowest BCUT2D eigenvalue weighted by Crippen LogP contribution is -2.61. The first-order valence-corrected chi connectivity index (χ1v) is 8.74. The van der Waals surface area contributed by atoms with Gasteiger partial charge < -0.3 is 5.73 Å². The molecule has 1 saturated carbocycles. The highest BCUT2D eigenvalue weighted by atomic mass is 15.2. The van der Waals surface area contributed by atoms with Crippen LogP contribution in [-0.4, -0.2) is 30.1 Å². The molecular formula is C18H36N2. The van der Waals surface area contributed by atoms with Gasteiger partial charge in [0, 0.05) is 12.1 Å². The third-order valence-corrected chi connectivity index (χ3v) is 5.48. The molecule has 2 heteroatoms. The summed E-state index contributed by atoms with van der Waals surface area (Å²) in [5.41, 5.74) is 7.45. The zero-order chi connectivity index (χ0) is 14.9. The highest BCUT2D eigenvalue weighted by molar-refractivity contribution is 5.04. The Hall–Kier alpha value is -0.0800. The molecule has 0 radical (unpaired) electrons. The fourth-order valence-corrected chi connectivity index (χ4v) is 5.48. The summed E-state index contributed by atoms with van der Waals surface area (Å²) in [6.45, 7) is 13.2. The number of nitrogens with two attached hydrogens (primary N) is 1. The van der Waals surface area contributed by atoms with Crippen LogP contribution in [0.5, 0.6) is 0 Å². The summed E-state index contributed by atoms with van der Waals surface area (Å²) in [6.07, 6.45) is 10.9. The maximum absolute atomic E-state index is 6.36. The van der Waals surface area contributed by atoms with Crippen LogP contribution in [0.1, 0.15) is 79.1 Å². The van der Waals surface area contributed by atoms with Gasteiger partial charge in [-0.2, -0.15) is 0 Å². The average molecular weight is 280 g/mol. The van der Waals surface area contributed by atoms with Crippen LogP contribution in [0.2, 0.25) is 0 Å². The number of hydrogen-bond donors (Lipinski definition) is 1. The highest BCUT2D eigenvalue weighted by Gasteiger charge is 2.49. The van der Waals surface area contributed by atoms with Crippen LogP contribution in [-0.2, 0) is 0 Å². The number of rotatable bonds is 2. The van der Waals surface area contributed by atoms with Crippen LogP contribution >= 0.6 is 0 Å². The fraction of sp³-hybridized carbons (Fsp3) is 1.00. The first-order chi connectivity index (χ1) is 9.29. The van der Waals surface area contributed by atoms with E-state index in [2.05, 4.69) is 32.6 Å². The molecule has 1 aliphatic heterocycles. The SMILES string of the molecule is CC1(C)CC(C)(C)CC(CN)(N2CCCCCCC2)C1. The fourth-order valence-electron chi connectivity index (χ4n) is 5.48. The third kappa shape index (κ3) is 3.76. The minimum absolute atomic E-state index is 0.253. The van der Waals surface area contributed by atoms with Crippen molar-refractivity contribution in [2.45, 2.75) is 84.6 Å². The molecule has 2 N–H and O–H groups in total. The van der Waals surface area contributed by atoms with Gasteiger partial charge in [-0.3, -0.25) is 4.90 Å². The monoisotopic (exact) mass is 280 g/mol. The zero-order valence-electron chi connectivity index (χ0n) is 14.3. The van der Waals surface area contributed by atoms with Crippen LogP contribution in [0.4, 0.5) is 0 Å². The second-order valence-corrected chi connectivity index (χ2v) is 9.04. The van der Waals surface area contributed by atoms with E-state index in [-0.39, 0.29) is 5.54 Å². The van der Waals surface area contributed by atoms with E-state index < -0.39 is 0 Å². The lowest BCUT2D eigenvalue weighted by molar-refractivity contribution is -0.0464. The molecule has 20 heavy (non-hydrogen) atoms. The third-order valence-electron chi connectivity index (χ3n) is 5.48. The Morgan fingerprint density at radius 2 is 1.20 bits per heavy atom. The quantitative estimate of drug-likeness (QED) is 0.822. The van der Waals surface area contributed by atoms with Crippen molar-refractivity contribution in [3.05, 3.63) is 0 Å². The van der Waals surface area contributed by atoms with Gasteiger partial charge in [0.2, 0.25) is 0 Å². The molecule has 1 aliphatic carbocycles. The summed E-state index contributed by atoms with van der Waals surface area (Å²) in [7, 11) is 0. The van der Waals surface area contributed by atoms with Crippen LogP contribution < -0.4 is 5.73 Å². The molecule has 2 nitrogen and oxygen atoms in total. The Morgan fingerprint density at radius 1 is 0.750 bits per heavy atom. The predicted molar refractivity (Wildman–Crippen MR) is 87.9 cm³/mol. The van der Waals surface area contributed by atoms with Crippen molar-refractivity contribution < 1.29 is 0 Å². The first-order valence-electron chi connectivity index (χ1n) is 8.74. The molecule has 0 aromatic rings. The molecule has 0 unspecified atom stereocenters. The second kappa shape index (κ2) is 5.96. The summed E-state index contributed by atoms with van der Waals surface area (Å²) in [5.74, 6) is 0. The second-order valence-electron chi connectivity index (χ2n) is 9.04. The van der Waals surface area contributed by atoms with Gasteiger partial charge in [0.05, 0.1) is 0 Å². The summed E-state index contributed by atoms with van der Waals surface area (Å²) >= 11 is 0. The Labute approximate surface area is 126 Å². The largest absolute Gasteiger partial charge is 0.329 e. The van der Waals surface area contributed by atoms with Crippen molar-refractivity contribution in [2.75, 3.05) is 19.6 Å². The topological polar surface area (TPSA) is 29.3 Å². The van der Waals surface area contributed by atoms with E-state index in [0.29, 0.717) is 10.8 Å². The van der Waals surface area contributed by atoms with Gasteiger partial charge >= 0.3 is 0 Å². The Bertz CT molecular complexity index is 295. The van der Waals surface area contributed by atoms with Crippen LogP contribution in [0.25, 0.3) is 0 Å². The van der Waals surface area contributed by atoms with E-state index in [1.165, 1.54) is 64.5 Å². The average Bonchev–Trinajstić information content (AvgIpc) is 2.23. The van der Waals surface area contributed by atoms with Gasteiger partial charge in [0.1, 0.15) is 0 Å². The Morgan fingerprint density at radius 3 is 1.65 bits per heavy atom. The Balaban J connectivity index is 2.21. The minimum atomic E-state index is 0.253. The standard InChI is InChI=1S/C18H36N2/c1-16(2)12-17(3,4)14-18(13-16,15-19)20-10-8-6-5-7-9-11-20/h5-15,19H2,1-4H3. The maximum atomic E-state index is 6.36. The van der Waals surface area contributed by atoms with E-state index in [1.54, 1.807) is 0 Å². The Kier molecular flexibility index (Phi) is 4.86. The molecule has 118 valence electrons. The molecule has 2 fully saturated rings. The van der Waals surface area contributed by atoms with Gasteiger partial charge in [-0.15, -0.1) is 0 Å². The molecule has 2 rings (SSSR count). The summed E-state index contributed by atoms with van der Waals surface area (Å²) in [6, 6.07) is 0. The van der Waals surface area contributed by atoms with E-state index >= 15 is 0 Å². The lowest BCUT2D eigenvalue weighted by Gasteiger charge is -2.56. The number of nitrogens with zero attached hydrogens (tertiary/aromatic N) is 1. The summed E-state index contributed by atoms with van der Waals surface area (Å²) in [5, 5.41) is 0. The van der Waals surface area contributed by atoms with E-state index in [4.69, 9.17) is 5.73 Å². The molecule has 2 aliphatic rings. The summed E-state index contributed by atoms with van der Waals surface area (Å²) < 4.78 is 0. The normalized spacial score (nSPS) is 30.4. The minimum Gasteiger partial charge on any atom is -0.329 e. The van der Waals surface area contributed by atoms with Crippen molar-refractivity contribution in [3.8, 4) is 0 Å². The van der Waals surface area contributed by atoms with Crippen molar-refractivity contribution in [2.24, 2.45) is 16.6 Å². The van der Waals surface area contributed by atoms with E-state index in [0.717, 1.165) is 6.54 Å². The van der Waals surface area contributed by atoms with Gasteiger partial charge in [0.25, 0.3) is 0 Å². The molecule has 0 aromatic heterocycles. The smallest absolute Gasteiger partial charge is 0.0341 e. The van der Waals surface area contributed by atoms with Gasteiger partial charge in [-0.25, -0.2) is 0 Å². The highest BCUT2D eigenvalue weighted by Crippen LogP contribution is 2.52. The molecule has 0 bridgehead atoms.